The van der Waals surface area contributed by atoms with Crippen LogP contribution in [0.15, 0.2) is 41.1 Å². The Balaban J connectivity index is 1.65. The monoisotopic (exact) mass is 399 g/mol. The number of oxazole rings is 1. The van der Waals surface area contributed by atoms with Gasteiger partial charge in [0, 0.05) is 32.2 Å². The predicted molar refractivity (Wildman–Crippen MR) is 96.7 cm³/mol. The van der Waals surface area contributed by atoms with E-state index in [4.69, 9.17) is 0 Å². The van der Waals surface area contributed by atoms with E-state index in [1.54, 1.807) is 0 Å². The number of benzene rings is 1. The van der Waals surface area contributed by atoms with Crippen LogP contribution in [0.2, 0.25) is 0 Å². The first-order valence-corrected chi connectivity index (χ1v) is 10.5. The highest BCUT2D eigenvalue weighted by molar-refractivity contribution is 7.88. The van der Waals surface area contributed by atoms with E-state index in [-0.39, 0.29) is 11.7 Å². The quantitative estimate of drug-likeness (QED) is 0.715. The van der Waals surface area contributed by atoms with Gasteiger partial charge in [-0.15, -0.1) is 0 Å². The lowest BCUT2D eigenvalue weighted by atomic mass is 10.0. The summed E-state index contributed by atoms with van der Waals surface area (Å²) in [6, 6.07) is 10.4. The SMILES string of the molecule is CCC(c1ccccc1)N1CCN(S(=O)(=O)Cc2ncoc2C(F)F)CC1. The van der Waals surface area contributed by atoms with Crippen LogP contribution >= 0.6 is 0 Å². The summed E-state index contributed by atoms with van der Waals surface area (Å²) in [5.74, 6) is -1.24. The Labute approximate surface area is 157 Å². The Morgan fingerprint density at radius 3 is 2.41 bits per heavy atom. The minimum absolute atomic E-state index is 0.219. The Kier molecular flexibility index (Phi) is 6.23. The summed E-state index contributed by atoms with van der Waals surface area (Å²) >= 11 is 0. The molecule has 1 aromatic heterocycles. The van der Waals surface area contributed by atoms with Crippen LogP contribution in [0.1, 0.15) is 42.8 Å². The number of hydrogen-bond donors (Lipinski definition) is 0. The Morgan fingerprint density at radius 2 is 1.81 bits per heavy atom. The molecule has 2 aromatic rings. The maximum Gasteiger partial charge on any atom is 0.297 e. The van der Waals surface area contributed by atoms with Crippen LogP contribution in [-0.2, 0) is 15.8 Å². The molecule has 3 rings (SSSR count). The lowest BCUT2D eigenvalue weighted by molar-refractivity contribution is 0.120. The molecule has 1 atom stereocenters. The molecule has 148 valence electrons. The number of halogens is 2. The minimum atomic E-state index is -3.73. The van der Waals surface area contributed by atoms with Crippen LogP contribution in [0, 0.1) is 0 Å². The van der Waals surface area contributed by atoms with Crippen molar-refractivity contribution in [2.24, 2.45) is 0 Å². The average Bonchev–Trinajstić information content (AvgIpc) is 3.11. The van der Waals surface area contributed by atoms with Crippen molar-refractivity contribution in [3.8, 4) is 0 Å². The normalized spacial score (nSPS) is 18.1. The van der Waals surface area contributed by atoms with Gasteiger partial charge >= 0.3 is 0 Å². The minimum Gasteiger partial charge on any atom is -0.442 e. The third-order valence-corrected chi connectivity index (χ3v) is 6.66. The highest BCUT2D eigenvalue weighted by Crippen LogP contribution is 2.27. The number of sulfonamides is 1. The lowest BCUT2D eigenvalue weighted by Gasteiger charge is -2.38. The maximum absolute atomic E-state index is 12.9. The van der Waals surface area contributed by atoms with Gasteiger partial charge in [0.2, 0.25) is 10.0 Å². The third kappa shape index (κ3) is 4.53. The first-order chi connectivity index (χ1) is 12.9. The van der Waals surface area contributed by atoms with Crippen molar-refractivity contribution in [2.45, 2.75) is 31.6 Å². The van der Waals surface area contributed by atoms with Crippen LogP contribution in [0.4, 0.5) is 8.78 Å². The van der Waals surface area contributed by atoms with E-state index in [0.29, 0.717) is 26.2 Å². The molecule has 0 N–H and O–H groups in total. The van der Waals surface area contributed by atoms with Crippen LogP contribution in [-0.4, -0.2) is 48.8 Å². The summed E-state index contributed by atoms with van der Waals surface area (Å²) < 4.78 is 57.0. The molecule has 0 spiro atoms. The predicted octanol–water partition coefficient (Wildman–Crippen LogP) is 3.21. The lowest BCUT2D eigenvalue weighted by Crippen LogP contribution is -2.49. The fraction of sp³-hybridized carbons (Fsp3) is 0.500. The third-order valence-electron chi connectivity index (χ3n) is 4.87. The molecule has 1 aliphatic heterocycles. The molecule has 0 bridgehead atoms. The van der Waals surface area contributed by atoms with Gasteiger partial charge in [-0.2, -0.15) is 4.31 Å². The van der Waals surface area contributed by atoms with Crippen molar-refractivity contribution in [1.82, 2.24) is 14.2 Å². The largest absolute Gasteiger partial charge is 0.442 e. The van der Waals surface area contributed by atoms with E-state index in [1.165, 1.54) is 9.87 Å². The first kappa shape index (κ1) is 19.9. The van der Waals surface area contributed by atoms with Crippen molar-refractivity contribution in [3.63, 3.8) is 0 Å². The van der Waals surface area contributed by atoms with E-state index >= 15 is 0 Å². The number of aromatic nitrogens is 1. The first-order valence-electron chi connectivity index (χ1n) is 8.89. The summed E-state index contributed by atoms with van der Waals surface area (Å²) in [4.78, 5) is 5.92. The van der Waals surface area contributed by atoms with E-state index in [1.807, 2.05) is 18.2 Å². The number of rotatable bonds is 7. The number of hydrogen-bond acceptors (Lipinski definition) is 5. The molecule has 0 radical (unpaired) electrons. The number of nitrogens with zero attached hydrogens (tertiary/aromatic N) is 3. The van der Waals surface area contributed by atoms with Gasteiger partial charge in [-0.05, 0) is 12.0 Å². The van der Waals surface area contributed by atoms with Gasteiger partial charge in [-0.25, -0.2) is 22.2 Å². The van der Waals surface area contributed by atoms with E-state index in [9.17, 15) is 17.2 Å². The van der Waals surface area contributed by atoms with Gasteiger partial charge in [0.25, 0.3) is 6.43 Å². The van der Waals surface area contributed by atoms with Crippen molar-refractivity contribution >= 4 is 10.0 Å². The molecule has 1 aliphatic rings. The molecular formula is C18H23F2N3O3S. The Bertz CT molecular complexity index is 835. The summed E-state index contributed by atoms with van der Waals surface area (Å²) in [7, 11) is -3.73. The molecule has 0 amide bonds. The van der Waals surface area contributed by atoms with Gasteiger partial charge < -0.3 is 4.42 Å². The van der Waals surface area contributed by atoms with E-state index in [2.05, 4.69) is 33.4 Å². The second-order valence-electron chi connectivity index (χ2n) is 6.49. The fourth-order valence-electron chi connectivity index (χ4n) is 3.50. The number of alkyl halides is 2. The van der Waals surface area contributed by atoms with Crippen molar-refractivity contribution in [2.75, 3.05) is 26.2 Å². The smallest absolute Gasteiger partial charge is 0.297 e. The Morgan fingerprint density at radius 1 is 1.15 bits per heavy atom. The molecule has 2 heterocycles. The second kappa shape index (κ2) is 8.45. The van der Waals surface area contributed by atoms with Gasteiger partial charge in [0.15, 0.2) is 12.2 Å². The average molecular weight is 399 g/mol. The van der Waals surface area contributed by atoms with Crippen molar-refractivity contribution in [3.05, 3.63) is 53.7 Å². The maximum atomic E-state index is 12.9. The Hall–Kier alpha value is -1.84. The van der Waals surface area contributed by atoms with Crippen LogP contribution in [0.5, 0.6) is 0 Å². The molecule has 9 heteroatoms. The van der Waals surface area contributed by atoms with Gasteiger partial charge in [-0.1, -0.05) is 37.3 Å². The zero-order valence-corrected chi connectivity index (χ0v) is 15.9. The second-order valence-corrected chi connectivity index (χ2v) is 8.46. The summed E-state index contributed by atoms with van der Waals surface area (Å²) in [5, 5.41) is 0. The molecular weight excluding hydrogens is 376 g/mol. The van der Waals surface area contributed by atoms with Crippen LogP contribution in [0.25, 0.3) is 0 Å². The van der Waals surface area contributed by atoms with Crippen molar-refractivity contribution < 1.29 is 21.6 Å². The molecule has 1 unspecified atom stereocenters. The summed E-state index contributed by atoms with van der Waals surface area (Å²) in [6.07, 6.45) is -1.10. The van der Waals surface area contributed by atoms with Crippen LogP contribution in [0.3, 0.4) is 0 Å². The topological polar surface area (TPSA) is 66.7 Å². The highest BCUT2D eigenvalue weighted by atomic mass is 32.2. The van der Waals surface area contributed by atoms with E-state index in [0.717, 1.165) is 12.8 Å². The van der Waals surface area contributed by atoms with Gasteiger partial charge in [0.05, 0.1) is 0 Å². The standard InChI is InChI=1S/C18H23F2N3O3S/c1-2-16(14-6-4-3-5-7-14)22-8-10-23(11-9-22)27(24,25)12-15-17(18(19)20)26-13-21-15/h3-7,13,16,18H,2,8-12H2,1H3. The molecule has 0 aliphatic carbocycles. The number of piperazine rings is 1. The molecule has 0 saturated carbocycles. The van der Waals surface area contributed by atoms with E-state index < -0.39 is 28.0 Å². The summed E-state index contributed by atoms with van der Waals surface area (Å²) in [5.41, 5.74) is 0.989. The van der Waals surface area contributed by atoms with Crippen LogP contribution < -0.4 is 0 Å². The molecule has 1 saturated heterocycles. The van der Waals surface area contributed by atoms with Gasteiger partial charge in [0.1, 0.15) is 11.4 Å². The highest BCUT2D eigenvalue weighted by Gasteiger charge is 2.32. The molecule has 27 heavy (non-hydrogen) atoms. The fourth-order valence-corrected chi connectivity index (χ4v) is 4.97. The molecule has 1 fully saturated rings. The zero-order valence-electron chi connectivity index (χ0n) is 15.1. The van der Waals surface area contributed by atoms with Gasteiger partial charge in [-0.3, -0.25) is 4.90 Å². The molecule has 6 nitrogen and oxygen atoms in total. The summed E-state index contributed by atoms with van der Waals surface area (Å²) in [6.45, 7) is 3.94. The molecule has 1 aromatic carbocycles. The van der Waals surface area contributed by atoms with Crippen molar-refractivity contribution in [1.29, 1.82) is 0 Å². The zero-order chi connectivity index (χ0) is 19.4.